The van der Waals surface area contributed by atoms with E-state index in [9.17, 15) is 4.79 Å². The summed E-state index contributed by atoms with van der Waals surface area (Å²) in [5.41, 5.74) is 0.189. The molecule has 0 spiro atoms. The van der Waals surface area contributed by atoms with Crippen LogP contribution in [0.25, 0.3) is 0 Å². The third-order valence-electron chi connectivity index (χ3n) is 5.64. The van der Waals surface area contributed by atoms with E-state index in [4.69, 9.17) is 0 Å². The Morgan fingerprint density at radius 2 is 1.79 bits per heavy atom. The number of amides is 1. The van der Waals surface area contributed by atoms with E-state index >= 15 is 0 Å². The molecule has 19 heavy (non-hydrogen) atoms. The van der Waals surface area contributed by atoms with Crippen molar-refractivity contribution in [3.8, 4) is 0 Å². The van der Waals surface area contributed by atoms with Crippen LogP contribution in [-0.2, 0) is 4.79 Å². The summed E-state index contributed by atoms with van der Waals surface area (Å²) in [6.45, 7) is 4.53. The number of nitrogens with one attached hydrogen (secondary N) is 2. The van der Waals surface area contributed by atoms with Crippen LogP contribution in [0, 0.1) is 11.3 Å². The minimum Gasteiger partial charge on any atom is -0.353 e. The van der Waals surface area contributed by atoms with Crippen LogP contribution in [0.4, 0.5) is 0 Å². The molecule has 2 N–H and O–H groups in total. The maximum absolute atomic E-state index is 12.6. The minimum absolute atomic E-state index is 0.189. The lowest BCUT2D eigenvalue weighted by Crippen LogP contribution is -2.51. The van der Waals surface area contributed by atoms with Crippen LogP contribution in [0.5, 0.6) is 0 Å². The summed E-state index contributed by atoms with van der Waals surface area (Å²) in [6.07, 6.45) is 9.65. The van der Waals surface area contributed by atoms with Crippen LogP contribution in [0.3, 0.4) is 0 Å². The third kappa shape index (κ3) is 2.81. The van der Waals surface area contributed by atoms with Gasteiger partial charge in [0.25, 0.3) is 0 Å². The number of rotatable bonds is 2. The Balaban J connectivity index is 1.58. The van der Waals surface area contributed by atoms with E-state index < -0.39 is 0 Å². The highest BCUT2D eigenvalue weighted by atomic mass is 16.2. The van der Waals surface area contributed by atoms with E-state index in [2.05, 4.69) is 24.5 Å². The monoisotopic (exact) mass is 264 g/mol. The Hall–Kier alpha value is -0.570. The van der Waals surface area contributed by atoms with Gasteiger partial charge in [0.05, 0.1) is 0 Å². The lowest BCUT2D eigenvalue weighted by Gasteiger charge is -2.39. The first kappa shape index (κ1) is 13.4. The fourth-order valence-electron chi connectivity index (χ4n) is 4.46. The van der Waals surface area contributed by atoms with Gasteiger partial charge in [-0.25, -0.2) is 0 Å². The highest BCUT2D eigenvalue weighted by Crippen LogP contribution is 2.40. The fraction of sp³-hybridized carbons (Fsp3) is 0.938. The normalized spacial score (nSPS) is 40.9. The van der Waals surface area contributed by atoms with Crippen molar-refractivity contribution in [2.24, 2.45) is 11.3 Å². The Labute approximate surface area is 116 Å². The summed E-state index contributed by atoms with van der Waals surface area (Å²) in [6, 6.07) is 1.73. The van der Waals surface area contributed by atoms with Crippen molar-refractivity contribution in [2.75, 3.05) is 0 Å². The zero-order valence-electron chi connectivity index (χ0n) is 12.4. The van der Waals surface area contributed by atoms with E-state index in [0.717, 1.165) is 19.3 Å². The van der Waals surface area contributed by atoms with Gasteiger partial charge in [-0.3, -0.25) is 4.79 Å². The molecule has 1 saturated carbocycles. The first-order chi connectivity index (χ1) is 9.04. The van der Waals surface area contributed by atoms with Crippen molar-refractivity contribution in [3.63, 3.8) is 0 Å². The number of hydrogen-bond acceptors (Lipinski definition) is 2. The topological polar surface area (TPSA) is 41.1 Å². The summed E-state index contributed by atoms with van der Waals surface area (Å²) in [5, 5.41) is 7.00. The van der Waals surface area contributed by atoms with Gasteiger partial charge >= 0.3 is 0 Å². The van der Waals surface area contributed by atoms with Gasteiger partial charge in [0.15, 0.2) is 0 Å². The Morgan fingerprint density at radius 1 is 1.11 bits per heavy atom. The van der Waals surface area contributed by atoms with Crippen molar-refractivity contribution in [1.82, 2.24) is 10.6 Å². The number of piperidine rings is 1. The molecule has 0 radical (unpaired) electrons. The van der Waals surface area contributed by atoms with Gasteiger partial charge in [-0.15, -0.1) is 0 Å². The molecule has 3 heteroatoms. The molecule has 2 saturated heterocycles. The quantitative estimate of drug-likeness (QED) is 0.805. The van der Waals surface area contributed by atoms with E-state index in [1.54, 1.807) is 0 Å². The second kappa shape index (κ2) is 5.08. The van der Waals surface area contributed by atoms with Gasteiger partial charge < -0.3 is 10.6 Å². The molecule has 2 bridgehead atoms. The lowest BCUT2D eigenvalue weighted by molar-refractivity contribution is -0.131. The molecule has 0 aromatic heterocycles. The largest absolute Gasteiger partial charge is 0.353 e. The van der Waals surface area contributed by atoms with Gasteiger partial charge in [-0.05, 0) is 43.9 Å². The molecule has 2 aliphatic heterocycles. The molecule has 2 heterocycles. The molecule has 3 atom stereocenters. The number of hydrogen-bond donors (Lipinski definition) is 2. The van der Waals surface area contributed by atoms with Crippen molar-refractivity contribution in [2.45, 2.75) is 83.3 Å². The number of fused-ring (bicyclic) bond motifs is 2. The standard InChI is InChI=1S/C16H28N2O/c1-16(2)8-4-3-5-14(16)15(19)18-13-9-11-6-7-12(10-13)17-11/h11-14,17H,3-10H2,1-2H3,(H,18,19). The van der Waals surface area contributed by atoms with E-state index in [1.807, 2.05) is 0 Å². The predicted octanol–water partition coefficient (Wildman–Crippen LogP) is 2.60. The van der Waals surface area contributed by atoms with Crippen LogP contribution in [0.15, 0.2) is 0 Å². The van der Waals surface area contributed by atoms with Crippen LogP contribution < -0.4 is 10.6 Å². The molecule has 3 unspecified atom stereocenters. The Morgan fingerprint density at radius 3 is 2.42 bits per heavy atom. The maximum atomic E-state index is 12.6. The molecule has 1 amide bonds. The zero-order valence-corrected chi connectivity index (χ0v) is 12.4. The number of carbonyl (C=O) groups excluding carboxylic acids is 1. The average Bonchev–Trinajstić information content (AvgIpc) is 2.68. The second-order valence-corrected chi connectivity index (χ2v) is 7.60. The smallest absolute Gasteiger partial charge is 0.223 e. The van der Waals surface area contributed by atoms with Crippen LogP contribution in [0.2, 0.25) is 0 Å². The highest BCUT2D eigenvalue weighted by Gasteiger charge is 2.39. The molecule has 3 aliphatic rings. The third-order valence-corrected chi connectivity index (χ3v) is 5.64. The molecule has 0 aromatic rings. The highest BCUT2D eigenvalue weighted by molar-refractivity contribution is 5.79. The summed E-state index contributed by atoms with van der Waals surface area (Å²) in [7, 11) is 0. The molecule has 3 nitrogen and oxygen atoms in total. The minimum atomic E-state index is 0.189. The van der Waals surface area contributed by atoms with E-state index in [1.165, 1.54) is 32.1 Å². The molecule has 1 aliphatic carbocycles. The molecule has 3 rings (SSSR count). The van der Waals surface area contributed by atoms with Crippen LogP contribution >= 0.6 is 0 Å². The second-order valence-electron chi connectivity index (χ2n) is 7.60. The summed E-state index contributed by atoms with van der Waals surface area (Å²) in [5.74, 6) is 0.560. The maximum Gasteiger partial charge on any atom is 0.223 e. The van der Waals surface area contributed by atoms with Gasteiger partial charge in [0.1, 0.15) is 0 Å². The molecule has 3 fully saturated rings. The molecular weight excluding hydrogens is 236 g/mol. The molecule has 108 valence electrons. The Bertz CT molecular complexity index is 341. The summed E-state index contributed by atoms with van der Waals surface area (Å²) < 4.78 is 0. The van der Waals surface area contributed by atoms with Crippen LogP contribution in [0.1, 0.15) is 65.2 Å². The van der Waals surface area contributed by atoms with Gasteiger partial charge in [0.2, 0.25) is 5.91 Å². The van der Waals surface area contributed by atoms with Gasteiger partial charge in [0, 0.05) is 24.0 Å². The lowest BCUT2D eigenvalue weighted by atomic mass is 9.68. The van der Waals surface area contributed by atoms with Crippen molar-refractivity contribution < 1.29 is 4.79 Å². The summed E-state index contributed by atoms with van der Waals surface area (Å²) >= 11 is 0. The average molecular weight is 264 g/mol. The zero-order chi connectivity index (χ0) is 13.5. The predicted molar refractivity (Wildman–Crippen MR) is 76.8 cm³/mol. The van der Waals surface area contributed by atoms with E-state index in [0.29, 0.717) is 24.0 Å². The fourth-order valence-corrected chi connectivity index (χ4v) is 4.46. The van der Waals surface area contributed by atoms with Crippen molar-refractivity contribution >= 4 is 5.91 Å². The Kier molecular flexibility index (Phi) is 3.59. The number of carbonyl (C=O) groups is 1. The van der Waals surface area contributed by atoms with Crippen molar-refractivity contribution in [1.29, 1.82) is 0 Å². The molecule has 0 aromatic carbocycles. The van der Waals surface area contributed by atoms with Crippen LogP contribution in [-0.4, -0.2) is 24.0 Å². The van der Waals surface area contributed by atoms with Gasteiger partial charge in [-0.1, -0.05) is 26.7 Å². The van der Waals surface area contributed by atoms with E-state index in [-0.39, 0.29) is 11.3 Å². The van der Waals surface area contributed by atoms with Gasteiger partial charge in [-0.2, -0.15) is 0 Å². The first-order valence-corrected chi connectivity index (χ1v) is 8.11. The van der Waals surface area contributed by atoms with Crippen molar-refractivity contribution in [3.05, 3.63) is 0 Å². The summed E-state index contributed by atoms with van der Waals surface area (Å²) in [4.78, 5) is 12.6. The molecular formula is C16H28N2O. The SMILES string of the molecule is CC1(C)CCCCC1C(=O)NC1CC2CCC(C1)N2. The first-order valence-electron chi connectivity index (χ1n) is 8.11.